The molecule has 6 atom stereocenters. The Bertz CT molecular complexity index is 2390. The van der Waals surface area contributed by atoms with Gasteiger partial charge in [0.1, 0.15) is 0 Å². The number of carboxylic acid groups (broad SMARTS) is 1. The Morgan fingerprint density at radius 2 is 1.29 bits per heavy atom. The van der Waals surface area contributed by atoms with Crippen LogP contribution in [0.1, 0.15) is 73.6 Å². The molecular formula is C52H75I6N10O4-. The van der Waals surface area contributed by atoms with Crippen molar-refractivity contribution in [2.24, 2.45) is 21.8 Å². The van der Waals surface area contributed by atoms with Crippen molar-refractivity contribution in [3.63, 3.8) is 0 Å². The number of likely N-dealkylation sites (tertiary alicyclic amines) is 2. The van der Waals surface area contributed by atoms with Crippen LogP contribution in [0.2, 0.25) is 0 Å². The number of aromatic amines is 2. The van der Waals surface area contributed by atoms with Gasteiger partial charge in [0.2, 0.25) is 5.91 Å². The quantitative estimate of drug-likeness (QED) is 0.0379. The van der Waals surface area contributed by atoms with Crippen molar-refractivity contribution in [2.45, 2.75) is 76.3 Å². The van der Waals surface area contributed by atoms with E-state index in [1.54, 1.807) is 0 Å². The summed E-state index contributed by atoms with van der Waals surface area (Å²) in [6, 6.07) is 15.9. The molecule has 2 saturated heterocycles. The number of aliphatic carboxylic acids is 1. The topological polar surface area (TPSA) is 156 Å². The number of aromatic nitrogens is 2. The molecule has 400 valence electrons. The number of urea groups is 1. The minimum atomic E-state index is -0.681. The van der Waals surface area contributed by atoms with Gasteiger partial charge in [0.15, 0.2) is 0 Å². The van der Waals surface area contributed by atoms with Crippen LogP contribution < -0.4 is 18.6 Å². The molecule has 8 rings (SSSR count). The van der Waals surface area contributed by atoms with Crippen molar-refractivity contribution in [3.05, 3.63) is 96.4 Å². The van der Waals surface area contributed by atoms with Crippen LogP contribution in [0, 0.1) is 11.8 Å². The van der Waals surface area contributed by atoms with Gasteiger partial charge in [-0.05, 0) is 128 Å². The number of carboxylic acids is 1. The van der Waals surface area contributed by atoms with Gasteiger partial charge < -0.3 is 30.2 Å². The van der Waals surface area contributed by atoms with Gasteiger partial charge in [-0.2, -0.15) is 0 Å². The Labute approximate surface area is 498 Å². The predicted molar refractivity (Wildman–Crippen MR) is 338 cm³/mol. The van der Waals surface area contributed by atoms with Crippen LogP contribution in [-0.4, -0.2) is 169 Å². The number of imide groups is 1. The fourth-order valence-electron chi connectivity index (χ4n) is 10.7. The van der Waals surface area contributed by atoms with Crippen molar-refractivity contribution >= 4 is 144 Å². The molecule has 0 bridgehead atoms. The Balaban J connectivity index is 0.000000302. The van der Waals surface area contributed by atoms with Gasteiger partial charge in [-0.15, -0.1) is 37.1 Å². The van der Waals surface area contributed by atoms with E-state index in [1.165, 1.54) is 43.4 Å². The number of fused-ring (bicyclic) bond motifs is 4. The molecule has 14 nitrogen and oxygen atoms in total. The van der Waals surface area contributed by atoms with E-state index in [2.05, 4.69) is 201 Å². The van der Waals surface area contributed by atoms with Gasteiger partial charge >= 0.3 is 62.5 Å². The zero-order valence-electron chi connectivity index (χ0n) is 42.6. The van der Waals surface area contributed by atoms with Crippen LogP contribution >= 0.6 is 98.4 Å². The molecule has 4 aromatic rings. The summed E-state index contributed by atoms with van der Waals surface area (Å²) in [6.07, 6.45) is 13.4. The molecule has 4 heterocycles. The number of piperidine rings is 2. The van der Waals surface area contributed by atoms with Gasteiger partial charge in [0.25, 0.3) is 0 Å². The molecule has 72 heavy (non-hydrogen) atoms. The molecule has 2 aliphatic carbocycles. The number of halogens is 6. The summed E-state index contributed by atoms with van der Waals surface area (Å²) in [5, 5.41) is 15.0. The summed E-state index contributed by atoms with van der Waals surface area (Å²) in [6.45, 7) is 18.9. The van der Waals surface area contributed by atoms with Crippen molar-refractivity contribution < 1.29 is 32.7 Å². The van der Waals surface area contributed by atoms with Crippen molar-refractivity contribution in [3.8, 4) is 0 Å². The summed E-state index contributed by atoms with van der Waals surface area (Å²) in [4.78, 5) is 63.1. The van der Waals surface area contributed by atoms with E-state index in [0.717, 1.165) is 83.3 Å². The summed E-state index contributed by atoms with van der Waals surface area (Å²) in [5.74, 6) is -0.695. The second kappa shape index (κ2) is 34.7. The van der Waals surface area contributed by atoms with Crippen molar-refractivity contribution in [1.82, 2.24) is 39.8 Å². The van der Waals surface area contributed by atoms with Crippen LogP contribution in [0.25, 0.3) is 21.8 Å². The average molecular weight is 1670 g/mol. The minimum absolute atomic E-state index is 0. The number of carbonyl (C=O) groups excluding carboxylic acids is 2. The van der Waals surface area contributed by atoms with Crippen molar-refractivity contribution in [1.29, 1.82) is 0 Å². The third-order valence-corrected chi connectivity index (χ3v) is 13.6. The van der Waals surface area contributed by atoms with Gasteiger partial charge in [0, 0.05) is 141 Å². The molecule has 3 amide bonds. The monoisotopic (exact) mass is 1670 g/mol. The Kier molecular flexibility index (Phi) is 31.5. The van der Waals surface area contributed by atoms with E-state index in [0.29, 0.717) is 57.4 Å². The number of amides is 3. The van der Waals surface area contributed by atoms with Gasteiger partial charge in [-0.3, -0.25) is 24.3 Å². The third kappa shape index (κ3) is 18.3. The molecule has 20 heteroatoms. The van der Waals surface area contributed by atoms with E-state index in [1.807, 2.05) is 40.1 Å². The Morgan fingerprint density at radius 3 is 1.75 bits per heavy atom. The summed E-state index contributed by atoms with van der Waals surface area (Å²) in [5.41, 5.74) is 7.67. The van der Waals surface area contributed by atoms with Crippen LogP contribution in [0.3, 0.4) is 0 Å². The van der Waals surface area contributed by atoms with Crippen molar-refractivity contribution in [2.75, 3.05) is 93.6 Å². The number of aliphatic imine (C=N–C) groups is 2. The molecule has 2 aromatic heterocycles. The number of rotatable bonds is 16. The molecule has 2 aliphatic heterocycles. The molecule has 4 N–H and O–H groups in total. The van der Waals surface area contributed by atoms with Gasteiger partial charge in [-0.1, -0.05) is 36.4 Å². The summed E-state index contributed by atoms with van der Waals surface area (Å²) in [7, 11) is 8.13. The molecule has 0 spiro atoms. The summed E-state index contributed by atoms with van der Waals surface area (Å²) < 4.78 is 0. The van der Waals surface area contributed by atoms with E-state index in [-0.39, 0.29) is 53.7 Å². The van der Waals surface area contributed by atoms with Crippen LogP contribution in [-0.2, 0) is 22.4 Å². The standard InChI is InChI=1S/C26H37N5O2.C18H20N2O2.C8H17N3.I3.I2.HI/c1-5-11-30-17-19(25(32)31(26(33)27-6-2)13-8-12-29(3)4)14-21-20-9-7-10-22-24(20)18(16-28-22)15-23(21)30;1-2-6-20-10-12(18(21)22)7-14-13-4-3-5-15-17(13)11(9-19-15)8-16(14)20;1-4-9-8-10-6-5-7-11(2)3;1-3-2;1-2;/h5,7,9-10,16,19,21,23,28H,1,6,8,11-15,17H2,2-4H3,(H,27,33);2-5,9,12,14,16,19H,1,6-8,10H2,(H,21,22);4-7H2,1-3H3;;;1H/q;;;-1;;/t19-,21-,23-;12-,14-,16-;;;;/m11..../s1. The predicted octanol–water partition coefficient (Wildman–Crippen LogP) is 8.26. The molecule has 0 saturated carbocycles. The van der Waals surface area contributed by atoms with Gasteiger partial charge in [-0.25, -0.2) is 14.8 Å². The Morgan fingerprint density at radius 1 is 0.806 bits per heavy atom. The first kappa shape index (κ1) is 65.3. The number of carbonyl (C=O) groups is 3. The number of H-pyrrole nitrogens is 2. The van der Waals surface area contributed by atoms with Crippen LogP contribution in [0.5, 0.6) is 0 Å². The fraction of sp³-hybridized carbons (Fsp3) is 0.538. The summed E-state index contributed by atoms with van der Waals surface area (Å²) >= 11 is 9.54. The second-order valence-corrected chi connectivity index (χ2v) is 35.0. The number of nitrogens with one attached hydrogen (secondary N) is 3. The first-order chi connectivity index (χ1) is 34.3. The van der Waals surface area contributed by atoms with Crippen LogP contribution in [0.4, 0.5) is 4.79 Å². The maximum atomic E-state index is 13.7. The average Bonchev–Trinajstić information content (AvgIpc) is 3.98. The SMILES string of the molecule is C=CCN1C[C@H](C(=O)N(CCCN(C)C)C(=O)NCC)C[C@@H]2c3cccc4[nH]cc(c34)C[C@H]21.C=CCN1C[C@H](C(=O)O)C[C@@H]2c3cccc4[nH]cc(c34)C[C@H]21.CCN=C=NCCCN(C)C.I.II.I[I-]I. The Hall–Kier alpha value is -0.990. The second-order valence-electron chi connectivity index (χ2n) is 18.8. The fourth-order valence-corrected chi connectivity index (χ4v) is 10.7. The maximum absolute atomic E-state index is 13.7. The number of hydrogen-bond acceptors (Lipinski definition) is 9. The first-order valence-corrected chi connectivity index (χ1v) is 43.3. The zero-order valence-corrected chi connectivity index (χ0v) is 55.7. The van der Waals surface area contributed by atoms with Gasteiger partial charge in [0.05, 0.1) is 24.4 Å². The number of benzene rings is 2. The molecule has 0 unspecified atom stereocenters. The third-order valence-electron chi connectivity index (χ3n) is 13.6. The van der Waals surface area contributed by atoms with E-state index in [9.17, 15) is 19.5 Å². The molecule has 2 fully saturated rings. The molecule has 0 radical (unpaired) electrons. The number of nitrogens with zero attached hydrogens (tertiary/aromatic N) is 7. The first-order valence-electron chi connectivity index (χ1n) is 24.4. The molecule has 2 aromatic carbocycles. The van der Waals surface area contributed by atoms with Crippen LogP contribution in [0.15, 0.2) is 84.1 Å². The van der Waals surface area contributed by atoms with E-state index < -0.39 is 5.97 Å². The molecular weight excluding hydrogens is 1590 g/mol. The van der Waals surface area contributed by atoms with E-state index in [4.69, 9.17) is 0 Å². The molecule has 4 aliphatic rings. The van der Waals surface area contributed by atoms with E-state index >= 15 is 0 Å². The zero-order chi connectivity index (χ0) is 52.0. The number of hydrogen-bond donors (Lipinski definition) is 4. The normalized spacial score (nSPS) is 20.4.